The topological polar surface area (TPSA) is 88.7 Å². The van der Waals surface area contributed by atoms with Crippen LogP contribution in [0.25, 0.3) is 0 Å². The number of ether oxygens (including phenoxy) is 2. The van der Waals surface area contributed by atoms with Gasteiger partial charge in [0.2, 0.25) is 0 Å². The fraction of sp³-hybridized carbons (Fsp3) is 0.300. The first-order valence-electron chi connectivity index (χ1n) is 8.78. The van der Waals surface area contributed by atoms with Crippen LogP contribution in [0.1, 0.15) is 20.7 Å². The lowest BCUT2D eigenvalue weighted by molar-refractivity contribution is 0.0954. The first-order valence-corrected chi connectivity index (χ1v) is 8.78. The summed E-state index contributed by atoms with van der Waals surface area (Å²) >= 11 is 0. The summed E-state index contributed by atoms with van der Waals surface area (Å²) in [4.78, 5) is 24.8. The Kier molecular flexibility index (Phi) is 8.38. The van der Waals surface area contributed by atoms with Gasteiger partial charge >= 0.3 is 0 Å². The lowest BCUT2D eigenvalue weighted by atomic mass is 10.1. The number of carbonyl (C=O) groups is 2. The number of benzene rings is 2. The van der Waals surface area contributed by atoms with E-state index in [0.717, 1.165) is 6.07 Å². The van der Waals surface area contributed by atoms with E-state index in [2.05, 4.69) is 16.0 Å². The second-order valence-corrected chi connectivity index (χ2v) is 5.87. The van der Waals surface area contributed by atoms with Gasteiger partial charge in [0.15, 0.2) is 0 Å². The predicted molar refractivity (Wildman–Crippen MR) is 104 cm³/mol. The van der Waals surface area contributed by atoms with E-state index >= 15 is 0 Å². The molecule has 7 nitrogen and oxygen atoms in total. The van der Waals surface area contributed by atoms with Gasteiger partial charge in [-0.05, 0) is 42.5 Å². The third kappa shape index (κ3) is 6.33. The van der Waals surface area contributed by atoms with Crippen molar-refractivity contribution in [3.05, 3.63) is 59.4 Å². The van der Waals surface area contributed by atoms with Gasteiger partial charge < -0.3 is 25.4 Å². The molecule has 0 atom stereocenters. The summed E-state index contributed by atoms with van der Waals surface area (Å²) in [5.74, 6) is -0.800. The monoisotopic (exact) mass is 389 g/mol. The molecule has 0 heterocycles. The maximum Gasteiger partial charge on any atom is 0.255 e. The second kappa shape index (κ2) is 11.0. The third-order valence-corrected chi connectivity index (χ3v) is 3.90. The van der Waals surface area contributed by atoms with Gasteiger partial charge in [0, 0.05) is 32.3 Å². The maximum atomic E-state index is 13.7. The molecule has 0 aliphatic carbocycles. The number of rotatable bonds is 10. The number of amides is 2. The van der Waals surface area contributed by atoms with Crippen molar-refractivity contribution < 1.29 is 23.5 Å². The molecule has 0 saturated heterocycles. The Bertz CT molecular complexity index is 797. The SMILES string of the molecule is COCCNCCNC(=O)c1ccc(F)cc1NC(=O)c1ccc(OC)cc1. The van der Waals surface area contributed by atoms with Crippen molar-refractivity contribution in [3.8, 4) is 5.75 Å². The summed E-state index contributed by atoms with van der Waals surface area (Å²) in [6, 6.07) is 10.1. The number of anilines is 1. The van der Waals surface area contributed by atoms with Gasteiger partial charge in [-0.15, -0.1) is 0 Å². The Hall–Kier alpha value is -2.97. The van der Waals surface area contributed by atoms with Crippen molar-refractivity contribution in [2.45, 2.75) is 0 Å². The number of halogens is 1. The van der Waals surface area contributed by atoms with Gasteiger partial charge in [0.05, 0.1) is 25.0 Å². The second-order valence-electron chi connectivity index (χ2n) is 5.87. The summed E-state index contributed by atoms with van der Waals surface area (Å²) in [5.41, 5.74) is 0.643. The molecule has 2 aromatic rings. The van der Waals surface area contributed by atoms with Crippen molar-refractivity contribution in [2.75, 3.05) is 45.8 Å². The average molecular weight is 389 g/mol. The van der Waals surface area contributed by atoms with Gasteiger partial charge in [-0.3, -0.25) is 9.59 Å². The van der Waals surface area contributed by atoms with Crippen LogP contribution in [0.2, 0.25) is 0 Å². The Morgan fingerprint density at radius 3 is 2.39 bits per heavy atom. The van der Waals surface area contributed by atoms with Crippen molar-refractivity contribution in [2.24, 2.45) is 0 Å². The molecule has 0 saturated carbocycles. The molecule has 0 unspecified atom stereocenters. The van der Waals surface area contributed by atoms with Gasteiger partial charge in [-0.2, -0.15) is 0 Å². The van der Waals surface area contributed by atoms with Crippen LogP contribution in [0.15, 0.2) is 42.5 Å². The van der Waals surface area contributed by atoms with E-state index in [1.165, 1.54) is 19.2 Å². The number of hydrogen-bond donors (Lipinski definition) is 3. The molecular weight excluding hydrogens is 365 g/mol. The first kappa shape index (κ1) is 21.3. The van der Waals surface area contributed by atoms with E-state index in [4.69, 9.17) is 9.47 Å². The lowest BCUT2D eigenvalue weighted by Gasteiger charge is -2.12. The summed E-state index contributed by atoms with van der Waals surface area (Å²) in [6.07, 6.45) is 0. The Morgan fingerprint density at radius 1 is 0.964 bits per heavy atom. The van der Waals surface area contributed by atoms with Crippen LogP contribution in [-0.4, -0.2) is 52.3 Å². The Labute approximate surface area is 163 Å². The molecule has 2 amide bonds. The molecule has 0 aliphatic heterocycles. The van der Waals surface area contributed by atoms with Crippen molar-refractivity contribution >= 4 is 17.5 Å². The molecule has 28 heavy (non-hydrogen) atoms. The molecule has 0 bridgehead atoms. The highest BCUT2D eigenvalue weighted by molar-refractivity contribution is 6.09. The molecular formula is C20H24FN3O4. The van der Waals surface area contributed by atoms with E-state index in [1.54, 1.807) is 31.4 Å². The van der Waals surface area contributed by atoms with Crippen molar-refractivity contribution in [3.63, 3.8) is 0 Å². The van der Waals surface area contributed by atoms with Gasteiger partial charge in [0.25, 0.3) is 11.8 Å². The zero-order chi connectivity index (χ0) is 20.4. The van der Waals surface area contributed by atoms with Crippen LogP contribution in [-0.2, 0) is 4.74 Å². The molecule has 0 aromatic heterocycles. The van der Waals surface area contributed by atoms with E-state index < -0.39 is 17.6 Å². The standard InChI is InChI=1S/C20H24FN3O4/c1-27-12-11-22-9-10-23-20(26)17-8-5-15(21)13-18(17)24-19(25)14-3-6-16(28-2)7-4-14/h3-8,13,22H,9-12H2,1-2H3,(H,23,26)(H,24,25). The average Bonchev–Trinajstić information content (AvgIpc) is 2.70. The van der Waals surface area contributed by atoms with E-state index in [0.29, 0.717) is 37.6 Å². The summed E-state index contributed by atoms with van der Waals surface area (Å²) in [7, 11) is 3.14. The summed E-state index contributed by atoms with van der Waals surface area (Å²) < 4.78 is 23.6. The summed E-state index contributed by atoms with van der Waals surface area (Å²) in [6.45, 7) is 2.19. The molecule has 150 valence electrons. The Balaban J connectivity index is 2.02. The third-order valence-electron chi connectivity index (χ3n) is 3.90. The minimum Gasteiger partial charge on any atom is -0.497 e. The molecule has 8 heteroatoms. The normalized spacial score (nSPS) is 10.4. The van der Waals surface area contributed by atoms with Crippen LogP contribution in [0, 0.1) is 5.82 Å². The zero-order valence-corrected chi connectivity index (χ0v) is 15.9. The smallest absolute Gasteiger partial charge is 0.255 e. The quantitative estimate of drug-likeness (QED) is 0.542. The van der Waals surface area contributed by atoms with E-state index in [1.807, 2.05) is 0 Å². The van der Waals surface area contributed by atoms with Crippen LogP contribution < -0.4 is 20.7 Å². The van der Waals surface area contributed by atoms with Crippen LogP contribution in [0.5, 0.6) is 5.75 Å². The van der Waals surface area contributed by atoms with Crippen LogP contribution >= 0.6 is 0 Å². The predicted octanol–water partition coefficient (Wildman–Crippen LogP) is 2.05. The van der Waals surface area contributed by atoms with E-state index in [-0.39, 0.29) is 11.3 Å². The van der Waals surface area contributed by atoms with Gasteiger partial charge in [0.1, 0.15) is 11.6 Å². The van der Waals surface area contributed by atoms with Crippen molar-refractivity contribution in [1.29, 1.82) is 0 Å². The molecule has 0 spiro atoms. The molecule has 2 aromatic carbocycles. The molecule has 0 fully saturated rings. The van der Waals surface area contributed by atoms with Crippen LogP contribution in [0.4, 0.5) is 10.1 Å². The largest absolute Gasteiger partial charge is 0.497 e. The number of hydrogen-bond acceptors (Lipinski definition) is 5. The molecule has 0 aliphatic rings. The molecule has 0 radical (unpaired) electrons. The Morgan fingerprint density at radius 2 is 1.71 bits per heavy atom. The van der Waals surface area contributed by atoms with Crippen molar-refractivity contribution in [1.82, 2.24) is 10.6 Å². The molecule has 2 rings (SSSR count). The molecule has 3 N–H and O–H groups in total. The van der Waals surface area contributed by atoms with E-state index in [9.17, 15) is 14.0 Å². The minimum absolute atomic E-state index is 0.102. The lowest BCUT2D eigenvalue weighted by Crippen LogP contribution is -2.33. The number of methoxy groups -OCH3 is 2. The highest BCUT2D eigenvalue weighted by Crippen LogP contribution is 2.19. The maximum absolute atomic E-state index is 13.7. The van der Waals surface area contributed by atoms with Gasteiger partial charge in [-0.1, -0.05) is 0 Å². The fourth-order valence-corrected chi connectivity index (χ4v) is 2.41. The number of nitrogens with one attached hydrogen (secondary N) is 3. The first-order chi connectivity index (χ1) is 13.5. The highest BCUT2D eigenvalue weighted by atomic mass is 19.1. The fourth-order valence-electron chi connectivity index (χ4n) is 2.41. The minimum atomic E-state index is -0.553. The van der Waals surface area contributed by atoms with Crippen LogP contribution in [0.3, 0.4) is 0 Å². The zero-order valence-electron chi connectivity index (χ0n) is 15.9. The number of carbonyl (C=O) groups excluding carboxylic acids is 2. The highest BCUT2D eigenvalue weighted by Gasteiger charge is 2.15. The van der Waals surface area contributed by atoms with Gasteiger partial charge in [-0.25, -0.2) is 4.39 Å². The summed E-state index contributed by atoms with van der Waals surface area (Å²) in [5, 5.41) is 8.42.